The Bertz CT molecular complexity index is 469. The van der Waals surface area contributed by atoms with Gasteiger partial charge in [0.25, 0.3) is 10.0 Å². The van der Waals surface area contributed by atoms with E-state index in [1.807, 2.05) is 0 Å². The van der Waals surface area contributed by atoms with Gasteiger partial charge in [-0.3, -0.25) is 0 Å². The minimum absolute atomic E-state index is 0.00463. The van der Waals surface area contributed by atoms with Crippen LogP contribution in [0, 0.1) is 0 Å². The lowest BCUT2D eigenvalue weighted by Crippen LogP contribution is -2.29. The first-order valence-electron chi connectivity index (χ1n) is 3.22. The second-order valence-corrected chi connectivity index (χ2v) is 3.94. The van der Waals surface area contributed by atoms with Gasteiger partial charge in [0.05, 0.1) is 6.42 Å². The Balaban J connectivity index is 2.42. The maximum Gasteiger partial charge on any atom is 0.253 e. The molecule has 0 unspecified atom stereocenters. The van der Waals surface area contributed by atoms with Crippen LogP contribution in [0.4, 0.5) is 0 Å². The van der Waals surface area contributed by atoms with Gasteiger partial charge < -0.3 is 0 Å². The molecule has 9 heteroatoms. The van der Waals surface area contributed by atoms with E-state index in [1.165, 1.54) is 0 Å². The third-order valence-corrected chi connectivity index (χ3v) is 2.35. The summed E-state index contributed by atoms with van der Waals surface area (Å²) in [6, 6.07) is 0. The summed E-state index contributed by atoms with van der Waals surface area (Å²) in [4.78, 5) is 0. The summed E-state index contributed by atoms with van der Waals surface area (Å²) in [5.41, 5.74) is 0.374. The molecule has 2 N–H and O–H groups in total. The van der Waals surface area contributed by atoms with E-state index in [2.05, 4.69) is 25.6 Å². The van der Waals surface area contributed by atoms with Crippen molar-refractivity contribution in [3.8, 4) is 0 Å². The smallest absolute Gasteiger partial charge is 0.224 e. The van der Waals surface area contributed by atoms with Crippen LogP contribution in [0.5, 0.6) is 0 Å². The van der Waals surface area contributed by atoms with Crippen molar-refractivity contribution in [2.24, 2.45) is 30.8 Å². The molecule has 2 rings (SSSR count). The lowest BCUT2D eigenvalue weighted by molar-refractivity contribution is 0.608. The molecule has 0 aliphatic carbocycles. The number of nitrogens with two attached hydrogens (primary N) is 1. The first kappa shape index (κ1) is 8.13. The van der Waals surface area contributed by atoms with Crippen molar-refractivity contribution in [2.75, 3.05) is 0 Å². The maximum atomic E-state index is 10.8. The Morgan fingerprint density at radius 1 is 1.23 bits per heavy atom. The number of amidine groups is 1. The average Bonchev–Trinajstić information content (AvgIpc) is 2.47. The summed E-state index contributed by atoms with van der Waals surface area (Å²) in [5, 5.41) is 21.9. The fourth-order valence-corrected chi connectivity index (χ4v) is 1.35. The Hall–Kier alpha value is -1.48. The number of nitrogens with zero attached hydrogens (tertiary/aromatic N) is 5. The molecule has 0 aromatic heterocycles. The van der Waals surface area contributed by atoms with Crippen LogP contribution in [0.3, 0.4) is 0 Å². The molecule has 0 aromatic carbocycles. The Labute approximate surface area is 73.0 Å². The number of primary sulfonamides is 1. The topological polar surface area (TPSA) is 122 Å². The fourth-order valence-electron chi connectivity index (χ4n) is 0.852. The van der Waals surface area contributed by atoms with Gasteiger partial charge >= 0.3 is 0 Å². The Morgan fingerprint density at radius 2 is 2.00 bits per heavy atom. The van der Waals surface area contributed by atoms with Crippen LogP contribution in [0.1, 0.15) is 6.42 Å². The molecule has 2 aliphatic heterocycles. The number of rotatable bonds is 0. The predicted octanol–water partition coefficient (Wildman–Crippen LogP) is -0.788. The number of hydrogen-bond donors (Lipinski definition) is 1. The van der Waals surface area contributed by atoms with Crippen LogP contribution < -0.4 is 5.14 Å². The zero-order chi connectivity index (χ0) is 9.47. The molecule has 0 saturated heterocycles. The molecule has 0 fully saturated rings. The average molecular weight is 200 g/mol. The molecule has 0 spiro atoms. The minimum atomic E-state index is -3.79. The molecule has 0 atom stereocenters. The summed E-state index contributed by atoms with van der Waals surface area (Å²) in [5.74, 6) is 0.243. The third-order valence-electron chi connectivity index (χ3n) is 1.47. The molecule has 2 heterocycles. The molecular weight excluding hydrogens is 196 g/mol. The van der Waals surface area contributed by atoms with Crippen LogP contribution in [-0.2, 0) is 10.0 Å². The summed E-state index contributed by atoms with van der Waals surface area (Å²) < 4.78 is 21.7. The highest BCUT2D eigenvalue weighted by Gasteiger charge is 2.26. The van der Waals surface area contributed by atoms with Crippen molar-refractivity contribution < 1.29 is 8.42 Å². The van der Waals surface area contributed by atoms with E-state index in [9.17, 15) is 8.42 Å². The number of hydrogen-bond acceptors (Lipinski definition) is 7. The SMILES string of the molecule is NS(=O)(=O)C1=NN=C2N=NN=C2C1. The molecular formula is C4H4N6O2S. The van der Waals surface area contributed by atoms with Crippen molar-refractivity contribution in [3.63, 3.8) is 0 Å². The second kappa shape index (κ2) is 2.50. The fraction of sp³-hybridized carbons (Fsp3) is 0.250. The lowest BCUT2D eigenvalue weighted by atomic mass is 10.2. The molecule has 13 heavy (non-hydrogen) atoms. The monoisotopic (exact) mass is 200 g/mol. The van der Waals surface area contributed by atoms with Crippen molar-refractivity contribution >= 4 is 26.6 Å². The summed E-state index contributed by atoms with van der Waals surface area (Å²) in [6.45, 7) is 0. The van der Waals surface area contributed by atoms with Crippen LogP contribution in [0.15, 0.2) is 25.6 Å². The number of fused-ring (bicyclic) bond motifs is 1. The van der Waals surface area contributed by atoms with Gasteiger partial charge in [-0.2, -0.15) is 0 Å². The maximum absolute atomic E-state index is 10.8. The first-order chi connectivity index (χ1) is 6.07. The van der Waals surface area contributed by atoms with Gasteiger partial charge in [-0.15, -0.1) is 20.4 Å². The van der Waals surface area contributed by atoms with Crippen LogP contribution >= 0.6 is 0 Å². The van der Waals surface area contributed by atoms with Gasteiger partial charge in [-0.05, 0) is 5.22 Å². The van der Waals surface area contributed by atoms with E-state index < -0.39 is 10.0 Å². The van der Waals surface area contributed by atoms with Gasteiger partial charge in [0, 0.05) is 0 Å². The number of sulfonamides is 1. The Morgan fingerprint density at radius 3 is 2.69 bits per heavy atom. The van der Waals surface area contributed by atoms with E-state index in [-0.39, 0.29) is 17.3 Å². The zero-order valence-corrected chi connectivity index (χ0v) is 7.06. The van der Waals surface area contributed by atoms with E-state index >= 15 is 0 Å². The van der Waals surface area contributed by atoms with Crippen molar-refractivity contribution in [1.82, 2.24) is 0 Å². The summed E-state index contributed by atoms with van der Waals surface area (Å²) >= 11 is 0. The highest BCUT2D eigenvalue weighted by molar-refractivity contribution is 8.04. The van der Waals surface area contributed by atoms with E-state index in [4.69, 9.17) is 5.14 Å². The molecule has 0 bridgehead atoms. The largest absolute Gasteiger partial charge is 0.253 e. The first-order valence-corrected chi connectivity index (χ1v) is 4.77. The molecule has 68 valence electrons. The normalized spacial score (nSPS) is 20.5. The van der Waals surface area contributed by atoms with E-state index in [1.54, 1.807) is 0 Å². The van der Waals surface area contributed by atoms with Crippen molar-refractivity contribution in [1.29, 1.82) is 0 Å². The van der Waals surface area contributed by atoms with Gasteiger partial charge in [0.2, 0.25) is 5.84 Å². The summed E-state index contributed by atoms with van der Waals surface area (Å²) in [7, 11) is -3.79. The highest BCUT2D eigenvalue weighted by atomic mass is 32.2. The minimum Gasteiger partial charge on any atom is -0.224 e. The predicted molar refractivity (Wildman–Crippen MR) is 44.9 cm³/mol. The van der Waals surface area contributed by atoms with Gasteiger partial charge in [0.15, 0.2) is 5.04 Å². The van der Waals surface area contributed by atoms with Gasteiger partial charge in [-0.25, -0.2) is 13.6 Å². The third kappa shape index (κ3) is 1.38. The van der Waals surface area contributed by atoms with Gasteiger partial charge in [0.1, 0.15) is 5.71 Å². The lowest BCUT2D eigenvalue weighted by Gasteiger charge is -2.04. The van der Waals surface area contributed by atoms with Crippen molar-refractivity contribution in [2.45, 2.75) is 6.42 Å². The molecule has 0 radical (unpaired) electrons. The standard InChI is InChI=1S/C4H4N6O2S/c5-13(11,12)3-1-2-4(8-7-3)9-10-6-2/h1H2,(H2,5,11,12). The molecule has 0 aromatic rings. The summed E-state index contributed by atoms with van der Waals surface area (Å²) in [6.07, 6.45) is 0.00463. The van der Waals surface area contributed by atoms with Crippen LogP contribution in [0.2, 0.25) is 0 Å². The Kier molecular flexibility index (Phi) is 1.57. The van der Waals surface area contributed by atoms with Gasteiger partial charge in [-0.1, -0.05) is 0 Å². The quantitative estimate of drug-likeness (QED) is 0.550. The molecule has 8 nitrogen and oxygen atoms in total. The zero-order valence-electron chi connectivity index (χ0n) is 6.25. The molecule has 0 amide bonds. The highest BCUT2D eigenvalue weighted by Crippen LogP contribution is 2.11. The van der Waals surface area contributed by atoms with Crippen LogP contribution in [-0.4, -0.2) is 25.0 Å². The van der Waals surface area contributed by atoms with E-state index in [0.717, 1.165) is 0 Å². The molecule has 0 saturated carbocycles. The van der Waals surface area contributed by atoms with E-state index in [0.29, 0.717) is 5.71 Å². The van der Waals surface area contributed by atoms with Crippen molar-refractivity contribution in [3.05, 3.63) is 0 Å². The molecule has 2 aliphatic rings. The second-order valence-electron chi connectivity index (χ2n) is 2.38. The van der Waals surface area contributed by atoms with Crippen LogP contribution in [0.25, 0.3) is 0 Å².